The molecule has 160 valence electrons. The Morgan fingerprint density at radius 3 is 2.71 bits per heavy atom. The highest BCUT2D eigenvalue weighted by atomic mass is 16.5. The molecule has 0 spiro atoms. The number of aliphatic imine (C=N–C) groups is 1. The highest BCUT2D eigenvalue weighted by molar-refractivity contribution is 6.07. The predicted molar refractivity (Wildman–Crippen MR) is 126 cm³/mol. The fourth-order valence-electron chi connectivity index (χ4n) is 3.11. The standard InChI is InChI=1S/C24H27N5O2/c1-25-23-21(10-7-13-26-23)27-15-18-8-5-6-9-20(18)28-24(30)17-11-12-19(16-29(2)3)22(14-17)31-4/h5-15H,16H2,1-4H3,(H,25,26)(H,28,30). The molecule has 1 amide bonds. The number of benzene rings is 2. The summed E-state index contributed by atoms with van der Waals surface area (Å²) in [7, 11) is 7.39. The van der Waals surface area contributed by atoms with Crippen molar-refractivity contribution in [1.82, 2.24) is 9.88 Å². The lowest BCUT2D eigenvalue weighted by atomic mass is 10.1. The van der Waals surface area contributed by atoms with Crippen molar-refractivity contribution in [2.24, 2.45) is 4.99 Å². The molecule has 7 heteroatoms. The zero-order chi connectivity index (χ0) is 22.2. The zero-order valence-corrected chi connectivity index (χ0v) is 18.2. The normalized spacial score (nSPS) is 11.0. The largest absolute Gasteiger partial charge is 0.496 e. The van der Waals surface area contributed by atoms with Crippen LogP contribution in [0.15, 0.2) is 65.8 Å². The van der Waals surface area contributed by atoms with E-state index >= 15 is 0 Å². The second-order valence-electron chi connectivity index (χ2n) is 7.19. The molecule has 2 aromatic carbocycles. The third-order valence-corrected chi connectivity index (χ3v) is 4.61. The summed E-state index contributed by atoms with van der Waals surface area (Å²) < 4.78 is 5.48. The van der Waals surface area contributed by atoms with Crippen LogP contribution in [0.1, 0.15) is 21.5 Å². The molecule has 3 rings (SSSR count). The van der Waals surface area contributed by atoms with Gasteiger partial charge in [0, 0.05) is 48.4 Å². The number of para-hydroxylation sites is 1. The van der Waals surface area contributed by atoms with E-state index in [9.17, 15) is 4.79 Å². The van der Waals surface area contributed by atoms with Crippen LogP contribution in [0, 0.1) is 0 Å². The molecule has 1 heterocycles. The topological polar surface area (TPSA) is 78.8 Å². The average Bonchev–Trinajstić information content (AvgIpc) is 2.78. The number of pyridine rings is 1. The maximum atomic E-state index is 12.9. The third kappa shape index (κ3) is 5.67. The maximum absolute atomic E-state index is 12.9. The molecule has 0 radical (unpaired) electrons. The number of methoxy groups -OCH3 is 1. The summed E-state index contributed by atoms with van der Waals surface area (Å²) in [5.74, 6) is 1.16. The van der Waals surface area contributed by atoms with E-state index in [0.29, 0.717) is 28.5 Å². The van der Waals surface area contributed by atoms with Crippen LogP contribution >= 0.6 is 0 Å². The molecule has 0 saturated heterocycles. The van der Waals surface area contributed by atoms with Crippen LogP contribution in [0.2, 0.25) is 0 Å². The number of aromatic nitrogens is 1. The molecule has 0 aliphatic carbocycles. The summed E-state index contributed by atoms with van der Waals surface area (Å²) in [4.78, 5) is 23.7. The monoisotopic (exact) mass is 417 g/mol. The van der Waals surface area contributed by atoms with Gasteiger partial charge < -0.3 is 20.3 Å². The second kappa shape index (κ2) is 10.4. The minimum absolute atomic E-state index is 0.215. The predicted octanol–water partition coefficient (Wildman–Crippen LogP) is 4.20. The van der Waals surface area contributed by atoms with Gasteiger partial charge >= 0.3 is 0 Å². The van der Waals surface area contributed by atoms with Crippen LogP contribution in [0.4, 0.5) is 17.2 Å². The fourth-order valence-corrected chi connectivity index (χ4v) is 3.11. The molecule has 0 aliphatic rings. The Morgan fingerprint density at radius 2 is 1.97 bits per heavy atom. The lowest BCUT2D eigenvalue weighted by Crippen LogP contribution is -2.15. The molecule has 7 nitrogen and oxygen atoms in total. The van der Waals surface area contributed by atoms with Gasteiger partial charge in [-0.1, -0.05) is 24.3 Å². The molecule has 3 aromatic rings. The highest BCUT2D eigenvalue weighted by Gasteiger charge is 2.12. The van der Waals surface area contributed by atoms with E-state index in [4.69, 9.17) is 4.74 Å². The minimum Gasteiger partial charge on any atom is -0.496 e. The van der Waals surface area contributed by atoms with Gasteiger partial charge in [-0.2, -0.15) is 0 Å². The molecule has 0 saturated carbocycles. The molecule has 0 atom stereocenters. The lowest BCUT2D eigenvalue weighted by molar-refractivity contribution is 0.102. The van der Waals surface area contributed by atoms with Crippen molar-refractivity contribution in [3.8, 4) is 5.75 Å². The Balaban J connectivity index is 1.82. The van der Waals surface area contributed by atoms with Crippen molar-refractivity contribution in [1.29, 1.82) is 0 Å². The Bertz CT molecular complexity index is 1080. The summed E-state index contributed by atoms with van der Waals surface area (Å²) in [5, 5.41) is 5.99. The van der Waals surface area contributed by atoms with E-state index in [1.807, 2.05) is 62.6 Å². The molecule has 1 aromatic heterocycles. The Kier molecular flexibility index (Phi) is 7.35. The van der Waals surface area contributed by atoms with Crippen LogP contribution in [0.3, 0.4) is 0 Å². The van der Waals surface area contributed by atoms with E-state index < -0.39 is 0 Å². The van der Waals surface area contributed by atoms with Crippen LogP contribution in [0.5, 0.6) is 5.75 Å². The molecule has 0 bridgehead atoms. The van der Waals surface area contributed by atoms with Gasteiger partial charge in [0.15, 0.2) is 5.82 Å². The van der Waals surface area contributed by atoms with E-state index in [1.165, 1.54) is 0 Å². The quantitative estimate of drug-likeness (QED) is 0.537. The first-order chi connectivity index (χ1) is 15.0. The Hall–Kier alpha value is -3.71. The van der Waals surface area contributed by atoms with Crippen LogP contribution in [-0.4, -0.2) is 50.3 Å². The number of hydrogen-bond donors (Lipinski definition) is 2. The van der Waals surface area contributed by atoms with Crippen molar-refractivity contribution >= 4 is 29.3 Å². The van der Waals surface area contributed by atoms with Gasteiger partial charge in [-0.25, -0.2) is 4.98 Å². The zero-order valence-electron chi connectivity index (χ0n) is 18.2. The maximum Gasteiger partial charge on any atom is 0.255 e. The number of hydrogen-bond acceptors (Lipinski definition) is 6. The first kappa shape index (κ1) is 22.0. The van der Waals surface area contributed by atoms with Gasteiger partial charge in [0.1, 0.15) is 11.4 Å². The summed E-state index contributed by atoms with van der Waals surface area (Å²) in [6.45, 7) is 0.729. The highest BCUT2D eigenvalue weighted by Crippen LogP contribution is 2.24. The number of ether oxygens (including phenoxy) is 1. The summed E-state index contributed by atoms with van der Waals surface area (Å²) in [6.07, 6.45) is 3.42. The summed E-state index contributed by atoms with van der Waals surface area (Å²) in [6, 6.07) is 16.7. The van der Waals surface area contributed by atoms with Crippen molar-refractivity contribution < 1.29 is 9.53 Å². The fraction of sp³-hybridized carbons (Fsp3) is 0.208. The van der Waals surface area contributed by atoms with E-state index in [2.05, 4.69) is 25.5 Å². The number of anilines is 2. The van der Waals surface area contributed by atoms with Crippen LogP contribution < -0.4 is 15.4 Å². The van der Waals surface area contributed by atoms with Gasteiger partial charge in [0.2, 0.25) is 0 Å². The summed E-state index contributed by atoms with van der Waals surface area (Å²) in [5.41, 5.74) is 3.72. The lowest BCUT2D eigenvalue weighted by Gasteiger charge is -2.15. The molecule has 0 fully saturated rings. The molecular formula is C24H27N5O2. The SMILES string of the molecule is CNc1ncccc1N=Cc1ccccc1NC(=O)c1ccc(CN(C)C)c(OC)c1. The number of amides is 1. The van der Waals surface area contributed by atoms with Gasteiger partial charge in [-0.05, 0) is 44.4 Å². The smallest absolute Gasteiger partial charge is 0.255 e. The Morgan fingerprint density at radius 1 is 1.16 bits per heavy atom. The second-order valence-corrected chi connectivity index (χ2v) is 7.19. The average molecular weight is 418 g/mol. The molecule has 2 N–H and O–H groups in total. The van der Waals surface area contributed by atoms with E-state index in [0.717, 1.165) is 17.7 Å². The first-order valence-electron chi connectivity index (χ1n) is 9.90. The van der Waals surface area contributed by atoms with E-state index in [1.54, 1.807) is 32.6 Å². The molecule has 0 aliphatic heterocycles. The Labute approximate surface area is 182 Å². The van der Waals surface area contributed by atoms with Gasteiger partial charge in [-0.15, -0.1) is 0 Å². The number of nitrogens with one attached hydrogen (secondary N) is 2. The third-order valence-electron chi connectivity index (χ3n) is 4.61. The van der Waals surface area contributed by atoms with E-state index in [-0.39, 0.29) is 5.91 Å². The number of rotatable bonds is 8. The van der Waals surface area contributed by atoms with Crippen molar-refractivity contribution in [2.45, 2.75) is 6.54 Å². The van der Waals surface area contributed by atoms with Gasteiger partial charge in [-0.3, -0.25) is 9.79 Å². The van der Waals surface area contributed by atoms with Crippen LogP contribution in [0.25, 0.3) is 0 Å². The molecule has 0 unspecified atom stereocenters. The van der Waals surface area contributed by atoms with Crippen molar-refractivity contribution in [3.05, 3.63) is 77.5 Å². The van der Waals surface area contributed by atoms with Crippen molar-refractivity contribution in [2.75, 3.05) is 38.9 Å². The molecular weight excluding hydrogens is 390 g/mol. The minimum atomic E-state index is -0.215. The number of carbonyl (C=O) groups excluding carboxylic acids is 1. The van der Waals surface area contributed by atoms with Crippen LogP contribution in [-0.2, 0) is 6.54 Å². The van der Waals surface area contributed by atoms with Gasteiger partial charge in [0.25, 0.3) is 5.91 Å². The number of nitrogens with zero attached hydrogens (tertiary/aromatic N) is 3. The summed E-state index contributed by atoms with van der Waals surface area (Å²) >= 11 is 0. The van der Waals surface area contributed by atoms with Crippen molar-refractivity contribution in [3.63, 3.8) is 0 Å². The molecule has 31 heavy (non-hydrogen) atoms. The first-order valence-corrected chi connectivity index (χ1v) is 9.90. The number of carbonyl (C=O) groups is 1. The van der Waals surface area contributed by atoms with Gasteiger partial charge in [0.05, 0.1) is 7.11 Å².